The summed E-state index contributed by atoms with van der Waals surface area (Å²) in [4.78, 5) is 12.3. The Balaban J connectivity index is 1.72. The van der Waals surface area contributed by atoms with Crippen molar-refractivity contribution in [3.8, 4) is 22.7 Å². The molecule has 1 aromatic carbocycles. The molecule has 3 heterocycles. The van der Waals surface area contributed by atoms with Gasteiger partial charge in [-0.15, -0.1) is 0 Å². The third-order valence-corrected chi connectivity index (χ3v) is 6.42. The van der Waals surface area contributed by atoms with Crippen molar-refractivity contribution >= 4 is 17.9 Å². The Labute approximate surface area is 173 Å². The number of nitrogens with two attached hydrogens (primary N) is 1. The molecule has 0 aliphatic carbocycles. The van der Waals surface area contributed by atoms with Gasteiger partial charge in [0.2, 0.25) is 5.96 Å². The molecule has 1 unspecified atom stereocenters. The molecule has 4 rings (SSSR count). The first-order valence-electron chi connectivity index (χ1n) is 9.43. The zero-order valence-corrected chi connectivity index (χ0v) is 17.7. The quantitative estimate of drug-likeness (QED) is 0.605. The lowest BCUT2D eigenvalue weighted by Gasteiger charge is -2.34. The van der Waals surface area contributed by atoms with Gasteiger partial charge in [0.1, 0.15) is 11.4 Å². The fourth-order valence-electron chi connectivity index (χ4n) is 3.45. The summed E-state index contributed by atoms with van der Waals surface area (Å²) in [6.07, 6.45) is 1.46. The number of oxazole rings is 1. The van der Waals surface area contributed by atoms with E-state index in [2.05, 4.69) is 28.8 Å². The molecule has 0 bridgehead atoms. The normalized spacial score (nSPS) is 19.7. The molecule has 0 saturated carbocycles. The number of aliphatic imine (C=N–C) groups is 1. The molecule has 0 spiro atoms. The molecule has 3 N–H and O–H groups in total. The topological polar surface area (TPSA) is 83.4 Å². The van der Waals surface area contributed by atoms with Crippen molar-refractivity contribution in [3.05, 3.63) is 53.8 Å². The Morgan fingerprint density at radius 3 is 2.76 bits per heavy atom. The molecular weight excluding hydrogens is 389 g/mol. The van der Waals surface area contributed by atoms with E-state index < -0.39 is 5.54 Å². The molecule has 6 nitrogen and oxygen atoms in total. The van der Waals surface area contributed by atoms with E-state index in [4.69, 9.17) is 10.2 Å². The fraction of sp³-hybridized carbons (Fsp3) is 0.333. The number of aromatic nitrogens is 2. The molecule has 1 atom stereocenters. The third kappa shape index (κ3) is 3.53. The number of nitrogens with one attached hydrogen (secondary N) is 1. The van der Waals surface area contributed by atoms with Crippen LogP contribution in [0.1, 0.15) is 37.9 Å². The van der Waals surface area contributed by atoms with Crippen molar-refractivity contribution < 1.29 is 8.81 Å². The van der Waals surface area contributed by atoms with E-state index >= 15 is 0 Å². The van der Waals surface area contributed by atoms with Gasteiger partial charge in [0, 0.05) is 24.1 Å². The first-order chi connectivity index (χ1) is 13.8. The number of H-pyrrole nitrogens is 1. The Kier molecular flexibility index (Phi) is 4.90. The average molecular weight is 414 g/mol. The van der Waals surface area contributed by atoms with Crippen molar-refractivity contribution in [3.63, 3.8) is 0 Å². The summed E-state index contributed by atoms with van der Waals surface area (Å²) in [5.41, 5.74) is 9.28. The van der Waals surface area contributed by atoms with Gasteiger partial charge in [0.05, 0.1) is 11.4 Å². The predicted octanol–water partition coefficient (Wildman–Crippen LogP) is 4.72. The van der Waals surface area contributed by atoms with E-state index in [9.17, 15) is 4.39 Å². The lowest BCUT2D eigenvalue weighted by Crippen LogP contribution is -2.40. The van der Waals surface area contributed by atoms with Crippen LogP contribution < -0.4 is 5.73 Å². The molecule has 0 amide bonds. The van der Waals surface area contributed by atoms with Gasteiger partial charge in [-0.05, 0) is 60.7 Å². The minimum absolute atomic E-state index is 0.248. The summed E-state index contributed by atoms with van der Waals surface area (Å²) < 4.78 is 22.1. The summed E-state index contributed by atoms with van der Waals surface area (Å²) in [6, 6.07) is 9.00. The number of nitrogens with zero attached hydrogens (tertiary/aromatic N) is 3. The number of hydrogen-bond donors (Lipinski definition) is 2. The molecular formula is C21H24FN5OS. The van der Waals surface area contributed by atoms with Crippen LogP contribution in [0.2, 0.25) is 0 Å². The standard InChI is InChI=1S/C21H24FN5OS/c1-12(2)18-19(28-11-24-18)17-8-7-16(25-17)13-5-6-15(22)14(9-13)21(3)10-29-27(4)20(23)26-21/h5-9,11-12,25H,10H2,1-4H3,(H2,23,26). The van der Waals surface area contributed by atoms with E-state index in [-0.39, 0.29) is 11.7 Å². The van der Waals surface area contributed by atoms with E-state index in [1.54, 1.807) is 10.4 Å². The largest absolute Gasteiger partial charge is 0.442 e. The summed E-state index contributed by atoms with van der Waals surface area (Å²) in [5.74, 6) is 1.68. The van der Waals surface area contributed by atoms with Gasteiger partial charge in [-0.1, -0.05) is 13.8 Å². The molecule has 3 aromatic rings. The number of guanidine groups is 1. The number of halogens is 1. The lowest BCUT2D eigenvalue weighted by atomic mass is 9.92. The van der Waals surface area contributed by atoms with Gasteiger partial charge in [-0.25, -0.2) is 14.4 Å². The second-order valence-electron chi connectivity index (χ2n) is 7.72. The van der Waals surface area contributed by atoms with Gasteiger partial charge in [-0.2, -0.15) is 0 Å². The molecule has 0 fully saturated rings. The summed E-state index contributed by atoms with van der Waals surface area (Å²) in [7, 11) is 1.85. The highest BCUT2D eigenvalue weighted by Gasteiger charge is 2.34. The van der Waals surface area contributed by atoms with Crippen LogP contribution in [-0.4, -0.2) is 33.0 Å². The number of rotatable bonds is 4. The molecule has 8 heteroatoms. The van der Waals surface area contributed by atoms with Crippen LogP contribution in [0.15, 0.2) is 46.1 Å². The highest BCUT2D eigenvalue weighted by Crippen LogP contribution is 2.38. The van der Waals surface area contributed by atoms with Gasteiger partial charge >= 0.3 is 0 Å². The van der Waals surface area contributed by atoms with Crippen LogP contribution in [0.5, 0.6) is 0 Å². The zero-order chi connectivity index (χ0) is 20.8. The Morgan fingerprint density at radius 1 is 1.28 bits per heavy atom. The predicted molar refractivity (Wildman–Crippen MR) is 115 cm³/mol. The second-order valence-corrected chi connectivity index (χ2v) is 8.81. The maximum absolute atomic E-state index is 14.7. The fourth-order valence-corrected chi connectivity index (χ4v) is 4.29. The minimum Gasteiger partial charge on any atom is -0.442 e. The maximum Gasteiger partial charge on any atom is 0.202 e. The van der Waals surface area contributed by atoms with Crippen LogP contribution >= 0.6 is 11.9 Å². The summed E-state index contributed by atoms with van der Waals surface area (Å²) >= 11 is 1.53. The van der Waals surface area contributed by atoms with Crippen molar-refractivity contribution in [2.45, 2.75) is 32.2 Å². The van der Waals surface area contributed by atoms with Gasteiger partial charge in [-0.3, -0.25) is 4.31 Å². The summed E-state index contributed by atoms with van der Waals surface area (Å²) in [5, 5.41) is 0. The highest BCUT2D eigenvalue weighted by molar-refractivity contribution is 7.97. The molecule has 152 valence electrons. The van der Waals surface area contributed by atoms with Crippen LogP contribution in [0.4, 0.5) is 4.39 Å². The summed E-state index contributed by atoms with van der Waals surface area (Å²) in [6.45, 7) is 6.06. The lowest BCUT2D eigenvalue weighted by molar-refractivity contribution is 0.495. The van der Waals surface area contributed by atoms with Crippen LogP contribution in [0.3, 0.4) is 0 Å². The highest BCUT2D eigenvalue weighted by atomic mass is 32.2. The number of aromatic amines is 1. The van der Waals surface area contributed by atoms with Crippen molar-refractivity contribution in [1.29, 1.82) is 0 Å². The maximum atomic E-state index is 14.7. The first kappa shape index (κ1) is 19.6. The van der Waals surface area contributed by atoms with Gasteiger partial charge in [0.25, 0.3) is 0 Å². The molecule has 0 saturated heterocycles. The Bertz CT molecular complexity index is 1070. The van der Waals surface area contributed by atoms with E-state index in [1.807, 2.05) is 32.2 Å². The molecule has 0 radical (unpaired) electrons. The van der Waals surface area contributed by atoms with E-state index in [0.29, 0.717) is 17.3 Å². The molecule has 1 aliphatic rings. The SMILES string of the molecule is CC(C)c1ncoc1-c1ccc(-c2ccc(F)c(C3(C)CSN(C)C(N)=N3)c2)[nH]1. The Morgan fingerprint density at radius 2 is 2.03 bits per heavy atom. The van der Waals surface area contributed by atoms with Crippen molar-refractivity contribution in [1.82, 2.24) is 14.3 Å². The van der Waals surface area contributed by atoms with Crippen LogP contribution in [0.25, 0.3) is 22.7 Å². The molecule has 2 aromatic heterocycles. The third-order valence-electron chi connectivity index (χ3n) is 5.15. The minimum atomic E-state index is -0.730. The Hall–Kier alpha value is -2.74. The van der Waals surface area contributed by atoms with Crippen molar-refractivity contribution in [2.24, 2.45) is 10.7 Å². The first-order valence-corrected chi connectivity index (χ1v) is 10.4. The smallest absolute Gasteiger partial charge is 0.202 e. The second kappa shape index (κ2) is 7.26. The average Bonchev–Trinajstić information content (AvgIpc) is 3.34. The van der Waals surface area contributed by atoms with E-state index in [1.165, 1.54) is 24.4 Å². The van der Waals surface area contributed by atoms with Crippen LogP contribution in [0, 0.1) is 5.82 Å². The molecule has 29 heavy (non-hydrogen) atoms. The van der Waals surface area contributed by atoms with Crippen LogP contribution in [-0.2, 0) is 5.54 Å². The molecule has 1 aliphatic heterocycles. The van der Waals surface area contributed by atoms with E-state index in [0.717, 1.165) is 28.4 Å². The monoisotopic (exact) mass is 413 g/mol. The van der Waals surface area contributed by atoms with Crippen molar-refractivity contribution in [2.75, 3.05) is 12.8 Å². The number of hydrogen-bond acceptors (Lipinski definition) is 6. The zero-order valence-electron chi connectivity index (χ0n) is 16.9. The van der Waals surface area contributed by atoms with Gasteiger partial charge in [0.15, 0.2) is 12.2 Å². The number of benzene rings is 1. The van der Waals surface area contributed by atoms with Gasteiger partial charge < -0.3 is 15.1 Å².